The average Bonchev–Trinajstić information content (AvgIpc) is 3.19. The molecule has 2 aromatic carbocycles. The summed E-state index contributed by atoms with van der Waals surface area (Å²) in [6, 6.07) is 13.9. The van der Waals surface area contributed by atoms with E-state index in [2.05, 4.69) is 13.8 Å². The minimum absolute atomic E-state index is 0.183. The third-order valence-corrected chi connectivity index (χ3v) is 12.0. The summed E-state index contributed by atoms with van der Waals surface area (Å²) in [6.45, 7) is 7.90. The Morgan fingerprint density at radius 2 is 0.860 bits per heavy atom. The molecule has 0 radical (unpaired) electrons. The van der Waals surface area contributed by atoms with Crippen molar-refractivity contribution < 1.29 is 45.4 Å². The predicted molar refractivity (Wildman–Crippen MR) is 216 cm³/mol. The van der Waals surface area contributed by atoms with Crippen LogP contribution in [0.2, 0.25) is 0 Å². The second-order valence-corrected chi connectivity index (χ2v) is 16.5. The molecule has 0 N–H and O–H groups in total. The number of esters is 2. The smallest absolute Gasteiger partial charge is 0.425 e. The van der Waals surface area contributed by atoms with Crippen molar-refractivity contribution in [1.29, 1.82) is 0 Å². The summed E-state index contributed by atoms with van der Waals surface area (Å²) in [5, 5.41) is 0. The number of rotatable bonds is 19. The predicted octanol–water partition coefficient (Wildman–Crippen LogP) is 15.2. The Hall–Kier alpha value is -3.04. The number of hydrogen-bond donors (Lipinski definition) is 0. The largest absolute Gasteiger partial charge is 0.449 e. The topological polar surface area (TPSA) is 52.6 Å². The van der Waals surface area contributed by atoms with E-state index in [4.69, 9.17) is 9.47 Å². The second kappa shape index (κ2) is 24.8. The number of halogens is 6. The maximum absolute atomic E-state index is 13.1. The van der Waals surface area contributed by atoms with Crippen molar-refractivity contribution in [2.45, 2.75) is 199 Å². The molecule has 0 saturated heterocycles. The lowest BCUT2D eigenvalue weighted by Crippen LogP contribution is -2.33. The van der Waals surface area contributed by atoms with Crippen LogP contribution in [0.3, 0.4) is 0 Å². The Labute approximate surface area is 338 Å². The third kappa shape index (κ3) is 17.0. The van der Waals surface area contributed by atoms with Gasteiger partial charge in [-0.15, -0.1) is 0 Å². The number of carbonyl (C=O) groups is 2. The molecule has 0 bridgehead atoms. The zero-order chi connectivity index (χ0) is 41.8. The van der Waals surface area contributed by atoms with E-state index in [1.54, 1.807) is 31.2 Å². The van der Waals surface area contributed by atoms with Gasteiger partial charge in [0.2, 0.25) is 0 Å². The maximum Gasteiger partial charge on any atom is 0.425 e. The van der Waals surface area contributed by atoms with E-state index in [-0.39, 0.29) is 24.0 Å². The van der Waals surface area contributed by atoms with Crippen molar-refractivity contribution in [2.75, 3.05) is 0 Å². The molecule has 2 aliphatic rings. The zero-order valence-corrected chi connectivity index (χ0v) is 34.8. The van der Waals surface area contributed by atoms with Gasteiger partial charge >= 0.3 is 24.3 Å². The summed E-state index contributed by atoms with van der Waals surface area (Å²) in [5.41, 5.74) is 2.71. The molecule has 2 unspecified atom stereocenters. The lowest BCUT2D eigenvalue weighted by Gasteiger charge is -2.29. The first-order valence-electron chi connectivity index (χ1n) is 21.9. The molecule has 2 saturated carbocycles. The van der Waals surface area contributed by atoms with E-state index in [0.29, 0.717) is 31.1 Å². The first-order chi connectivity index (χ1) is 27.2. The standard InChI is InChI=1S/C24H35F3O2.C23H33F3O2/c1-3-5-7-8-18-10-12-19(13-11-18)20-14-16-21(17-15-20)23(28)29-22(9-6-4-2)24(25,26)27;1-3-5-6-8-17-9-11-18(12-10-17)19-13-15-20(16-14-19)22(27)28-21(7-4-2)23(24,25)26/h14-19,22H,3-13H2,1-2H3;13-18,21H,3-12H2,1-2H3. The Morgan fingerprint density at radius 1 is 0.509 bits per heavy atom. The molecule has 2 aromatic rings. The molecule has 0 spiro atoms. The highest BCUT2D eigenvalue weighted by molar-refractivity contribution is 5.90. The molecule has 0 amide bonds. The average molecular weight is 811 g/mol. The monoisotopic (exact) mass is 811 g/mol. The lowest BCUT2D eigenvalue weighted by atomic mass is 9.77. The van der Waals surface area contributed by atoms with Crippen molar-refractivity contribution in [3.63, 3.8) is 0 Å². The number of ether oxygens (including phenoxy) is 2. The third-order valence-electron chi connectivity index (χ3n) is 12.0. The molecule has 2 fully saturated rings. The van der Waals surface area contributed by atoms with Crippen LogP contribution in [0.4, 0.5) is 26.3 Å². The van der Waals surface area contributed by atoms with Crippen LogP contribution >= 0.6 is 0 Å². The second-order valence-electron chi connectivity index (χ2n) is 16.5. The highest BCUT2D eigenvalue weighted by Gasteiger charge is 2.43. The van der Waals surface area contributed by atoms with Crippen molar-refractivity contribution in [2.24, 2.45) is 11.8 Å². The van der Waals surface area contributed by atoms with Crippen LogP contribution < -0.4 is 0 Å². The molecule has 2 atom stereocenters. The highest BCUT2D eigenvalue weighted by atomic mass is 19.4. The summed E-state index contributed by atoms with van der Waals surface area (Å²) < 4.78 is 87.6. The van der Waals surface area contributed by atoms with Crippen molar-refractivity contribution in [3.8, 4) is 0 Å². The fourth-order valence-corrected chi connectivity index (χ4v) is 8.34. The number of unbranched alkanes of at least 4 members (excludes halogenated alkanes) is 5. The molecule has 57 heavy (non-hydrogen) atoms. The minimum atomic E-state index is -4.53. The van der Waals surface area contributed by atoms with Gasteiger partial charge in [0.25, 0.3) is 0 Å². The Balaban J connectivity index is 0.000000306. The molecule has 0 aliphatic heterocycles. The SMILES string of the molecule is CCCCCC1CCC(c2ccc(C(=O)OC(CCC)C(F)(F)F)cc2)CC1.CCCCCC1CCC(c2ccc(C(=O)OC(CCCC)C(F)(F)F)cc2)CC1. The van der Waals surface area contributed by atoms with E-state index in [1.807, 2.05) is 31.2 Å². The van der Waals surface area contributed by atoms with Gasteiger partial charge in [-0.3, -0.25) is 0 Å². The van der Waals surface area contributed by atoms with Crippen LogP contribution in [0.15, 0.2) is 48.5 Å². The fraction of sp³-hybridized carbons (Fsp3) is 0.702. The molecule has 4 nitrogen and oxygen atoms in total. The van der Waals surface area contributed by atoms with Crippen LogP contribution in [0.25, 0.3) is 0 Å². The van der Waals surface area contributed by atoms with Gasteiger partial charge in [-0.1, -0.05) is 116 Å². The number of benzene rings is 2. The first kappa shape index (κ1) is 48.3. The highest BCUT2D eigenvalue weighted by Crippen LogP contribution is 2.39. The Morgan fingerprint density at radius 3 is 1.18 bits per heavy atom. The molecular weight excluding hydrogens is 743 g/mol. The normalized spacial score (nSPS) is 21.2. The van der Waals surface area contributed by atoms with Gasteiger partial charge in [-0.05, 0) is 130 Å². The molecule has 0 aromatic heterocycles. The van der Waals surface area contributed by atoms with Crippen LogP contribution in [-0.2, 0) is 9.47 Å². The first-order valence-corrected chi connectivity index (χ1v) is 21.9. The van der Waals surface area contributed by atoms with E-state index < -0.39 is 36.5 Å². The zero-order valence-electron chi connectivity index (χ0n) is 34.8. The van der Waals surface area contributed by atoms with E-state index in [1.165, 1.54) is 88.2 Å². The summed E-state index contributed by atoms with van der Waals surface area (Å²) in [5.74, 6) is 0.825. The van der Waals surface area contributed by atoms with Crippen molar-refractivity contribution in [3.05, 3.63) is 70.8 Å². The molecular formula is C47H68F6O4. The van der Waals surface area contributed by atoms with E-state index in [9.17, 15) is 35.9 Å². The summed E-state index contributed by atoms with van der Waals surface area (Å²) in [4.78, 5) is 24.3. The number of hydrogen-bond acceptors (Lipinski definition) is 4. The van der Waals surface area contributed by atoms with Crippen molar-refractivity contribution in [1.82, 2.24) is 0 Å². The number of carbonyl (C=O) groups excluding carboxylic acids is 2. The van der Waals surface area contributed by atoms with Gasteiger partial charge in [0.1, 0.15) is 0 Å². The quantitative estimate of drug-likeness (QED) is 0.0806. The molecule has 10 heteroatoms. The van der Waals surface area contributed by atoms with Crippen LogP contribution in [-0.4, -0.2) is 36.5 Å². The van der Waals surface area contributed by atoms with Gasteiger partial charge in [0.05, 0.1) is 11.1 Å². The summed E-state index contributed by atoms with van der Waals surface area (Å²) in [6.07, 6.45) is 7.74. The van der Waals surface area contributed by atoms with Crippen LogP contribution in [0, 0.1) is 11.8 Å². The fourth-order valence-electron chi connectivity index (χ4n) is 8.34. The molecule has 4 rings (SSSR count). The lowest BCUT2D eigenvalue weighted by molar-refractivity contribution is -0.206. The van der Waals surface area contributed by atoms with Gasteiger partial charge in [0.15, 0.2) is 12.2 Å². The van der Waals surface area contributed by atoms with Crippen LogP contribution in [0.5, 0.6) is 0 Å². The molecule has 2 aliphatic carbocycles. The molecule has 322 valence electrons. The van der Waals surface area contributed by atoms with E-state index >= 15 is 0 Å². The Bertz CT molecular complexity index is 1410. The minimum Gasteiger partial charge on any atom is -0.449 e. The van der Waals surface area contributed by atoms with Gasteiger partial charge < -0.3 is 9.47 Å². The Kier molecular flexibility index (Phi) is 21.0. The van der Waals surface area contributed by atoms with Gasteiger partial charge in [0, 0.05) is 0 Å². The summed E-state index contributed by atoms with van der Waals surface area (Å²) in [7, 11) is 0. The van der Waals surface area contributed by atoms with Gasteiger partial charge in [-0.2, -0.15) is 26.3 Å². The maximum atomic E-state index is 13.1. The molecule has 0 heterocycles. The number of alkyl halides is 6. The van der Waals surface area contributed by atoms with Gasteiger partial charge in [-0.25, -0.2) is 9.59 Å². The van der Waals surface area contributed by atoms with E-state index in [0.717, 1.165) is 37.5 Å². The summed E-state index contributed by atoms with van der Waals surface area (Å²) >= 11 is 0. The van der Waals surface area contributed by atoms with Crippen molar-refractivity contribution >= 4 is 11.9 Å². The van der Waals surface area contributed by atoms with Crippen LogP contribution in [0.1, 0.15) is 206 Å².